The molecule has 1 atom stereocenters. The summed E-state index contributed by atoms with van der Waals surface area (Å²) < 4.78 is 5.34. The van der Waals surface area contributed by atoms with Gasteiger partial charge in [-0.2, -0.15) is 0 Å². The van der Waals surface area contributed by atoms with Crippen molar-refractivity contribution >= 4 is 0 Å². The van der Waals surface area contributed by atoms with Gasteiger partial charge in [0.1, 0.15) is 0 Å². The maximum atomic E-state index is 5.34. The maximum absolute atomic E-state index is 5.34. The summed E-state index contributed by atoms with van der Waals surface area (Å²) in [5, 5.41) is 0. The first-order valence-electron chi connectivity index (χ1n) is 8.19. The van der Waals surface area contributed by atoms with Crippen LogP contribution in [0, 0.1) is 23.7 Å². The Morgan fingerprint density at radius 1 is 0.722 bits per heavy atom. The Bertz CT molecular complexity index is 164. The smallest absolute Gasteiger partial charge is 0.0496 e. The van der Waals surface area contributed by atoms with Crippen LogP contribution in [0.5, 0.6) is 0 Å². The first kappa shape index (κ1) is 16.0. The Hall–Kier alpha value is -0.0400. The van der Waals surface area contributed by atoms with Crippen molar-refractivity contribution in [2.75, 3.05) is 13.2 Å². The van der Waals surface area contributed by atoms with Crippen molar-refractivity contribution in [2.24, 2.45) is 23.7 Å². The predicted octanol–water partition coefficient (Wildman–Crippen LogP) is 5.29. The quantitative estimate of drug-likeness (QED) is 0.650. The van der Waals surface area contributed by atoms with Crippen LogP contribution in [0.15, 0.2) is 0 Å². The van der Waals surface area contributed by atoms with E-state index in [4.69, 9.17) is 4.74 Å². The van der Waals surface area contributed by atoms with Gasteiger partial charge in [0.25, 0.3) is 0 Å². The van der Waals surface area contributed by atoms with Crippen molar-refractivity contribution in [3.05, 3.63) is 0 Å². The minimum Gasteiger partial charge on any atom is -0.381 e. The number of rotatable bonds is 2. The SMILES string of the molecule is CC(C)C1CCCCC1.CC(C)[C@@H]1CCCOC1. The molecule has 2 fully saturated rings. The molecule has 2 aliphatic rings. The largest absolute Gasteiger partial charge is 0.381 e. The Morgan fingerprint density at radius 2 is 1.28 bits per heavy atom. The Labute approximate surface area is 115 Å². The number of hydrogen-bond acceptors (Lipinski definition) is 1. The first-order valence-corrected chi connectivity index (χ1v) is 8.19. The Morgan fingerprint density at radius 3 is 1.61 bits per heavy atom. The van der Waals surface area contributed by atoms with Crippen molar-refractivity contribution in [3.8, 4) is 0 Å². The van der Waals surface area contributed by atoms with Crippen LogP contribution in [0.1, 0.15) is 72.6 Å². The third-order valence-electron chi connectivity index (χ3n) is 4.73. The van der Waals surface area contributed by atoms with E-state index in [0.29, 0.717) is 0 Å². The molecular weight excluding hydrogens is 220 g/mol. The molecule has 0 N–H and O–H groups in total. The average Bonchev–Trinajstić information content (AvgIpc) is 2.41. The Balaban J connectivity index is 0.000000180. The molecule has 1 heterocycles. The third-order valence-corrected chi connectivity index (χ3v) is 4.73. The molecule has 1 nitrogen and oxygen atoms in total. The zero-order valence-electron chi connectivity index (χ0n) is 13.1. The van der Waals surface area contributed by atoms with Gasteiger partial charge in [0.05, 0.1) is 0 Å². The minimum absolute atomic E-state index is 0.810. The summed E-state index contributed by atoms with van der Waals surface area (Å²) in [6.07, 6.45) is 10.1. The van der Waals surface area contributed by atoms with Gasteiger partial charge in [0.2, 0.25) is 0 Å². The molecule has 0 radical (unpaired) electrons. The van der Waals surface area contributed by atoms with Crippen molar-refractivity contribution in [1.82, 2.24) is 0 Å². The molecule has 0 amide bonds. The van der Waals surface area contributed by atoms with E-state index >= 15 is 0 Å². The van der Waals surface area contributed by atoms with Gasteiger partial charge in [-0.3, -0.25) is 0 Å². The molecule has 1 saturated heterocycles. The molecule has 108 valence electrons. The molecule has 0 aromatic rings. The van der Waals surface area contributed by atoms with Crippen LogP contribution in [0.2, 0.25) is 0 Å². The second kappa shape index (κ2) is 8.96. The van der Waals surface area contributed by atoms with E-state index < -0.39 is 0 Å². The monoisotopic (exact) mass is 254 g/mol. The lowest BCUT2D eigenvalue weighted by molar-refractivity contribution is 0.0373. The van der Waals surface area contributed by atoms with Crippen LogP contribution in [0.4, 0.5) is 0 Å². The molecule has 0 spiro atoms. The van der Waals surface area contributed by atoms with E-state index in [-0.39, 0.29) is 0 Å². The van der Waals surface area contributed by atoms with Crippen LogP contribution in [-0.4, -0.2) is 13.2 Å². The molecular formula is C17H34O. The van der Waals surface area contributed by atoms with Gasteiger partial charge >= 0.3 is 0 Å². The summed E-state index contributed by atoms with van der Waals surface area (Å²) in [4.78, 5) is 0. The summed E-state index contributed by atoms with van der Waals surface area (Å²) in [6, 6.07) is 0. The summed E-state index contributed by atoms with van der Waals surface area (Å²) in [7, 11) is 0. The van der Waals surface area contributed by atoms with Gasteiger partial charge in [0.15, 0.2) is 0 Å². The fraction of sp³-hybridized carbons (Fsp3) is 1.00. The predicted molar refractivity (Wildman–Crippen MR) is 79.8 cm³/mol. The maximum Gasteiger partial charge on any atom is 0.0496 e. The highest BCUT2D eigenvalue weighted by atomic mass is 16.5. The van der Waals surface area contributed by atoms with E-state index in [2.05, 4.69) is 27.7 Å². The Kier molecular flexibility index (Phi) is 7.97. The molecule has 0 bridgehead atoms. The highest BCUT2D eigenvalue weighted by Crippen LogP contribution is 2.29. The highest BCUT2D eigenvalue weighted by Gasteiger charge is 2.16. The minimum atomic E-state index is 0.810. The lowest BCUT2D eigenvalue weighted by Gasteiger charge is -2.24. The number of ether oxygens (including phenoxy) is 1. The second-order valence-electron chi connectivity index (χ2n) is 6.86. The van der Waals surface area contributed by atoms with Crippen LogP contribution in [-0.2, 0) is 4.74 Å². The van der Waals surface area contributed by atoms with E-state index in [1.54, 1.807) is 0 Å². The molecule has 0 aromatic carbocycles. The van der Waals surface area contributed by atoms with Crippen LogP contribution < -0.4 is 0 Å². The fourth-order valence-electron chi connectivity index (χ4n) is 3.09. The van der Waals surface area contributed by atoms with Gasteiger partial charge in [-0.1, -0.05) is 59.8 Å². The van der Waals surface area contributed by atoms with Crippen molar-refractivity contribution in [3.63, 3.8) is 0 Å². The normalized spacial score (nSPS) is 26.0. The lowest BCUT2D eigenvalue weighted by atomic mass is 9.82. The molecule has 1 heteroatoms. The summed E-state index contributed by atoms with van der Waals surface area (Å²) >= 11 is 0. The molecule has 2 rings (SSSR count). The van der Waals surface area contributed by atoms with Crippen molar-refractivity contribution in [2.45, 2.75) is 72.6 Å². The van der Waals surface area contributed by atoms with Crippen molar-refractivity contribution < 1.29 is 4.74 Å². The molecule has 1 aliphatic heterocycles. The van der Waals surface area contributed by atoms with Crippen LogP contribution >= 0.6 is 0 Å². The fourth-order valence-corrected chi connectivity index (χ4v) is 3.09. The zero-order chi connectivity index (χ0) is 13.4. The second-order valence-corrected chi connectivity index (χ2v) is 6.86. The highest BCUT2D eigenvalue weighted by molar-refractivity contribution is 4.68. The molecule has 1 aliphatic carbocycles. The van der Waals surface area contributed by atoms with Crippen LogP contribution in [0.25, 0.3) is 0 Å². The molecule has 0 aromatic heterocycles. The average molecular weight is 254 g/mol. The topological polar surface area (TPSA) is 9.23 Å². The summed E-state index contributed by atoms with van der Waals surface area (Å²) in [5.41, 5.74) is 0. The van der Waals surface area contributed by atoms with Gasteiger partial charge in [-0.05, 0) is 36.5 Å². The van der Waals surface area contributed by atoms with Gasteiger partial charge in [-0.25, -0.2) is 0 Å². The van der Waals surface area contributed by atoms with E-state index in [1.165, 1.54) is 44.9 Å². The van der Waals surface area contributed by atoms with Gasteiger partial charge in [0, 0.05) is 13.2 Å². The third kappa shape index (κ3) is 6.22. The lowest BCUT2D eigenvalue weighted by Crippen LogP contribution is -2.21. The number of hydrogen-bond donors (Lipinski definition) is 0. The van der Waals surface area contributed by atoms with Crippen molar-refractivity contribution in [1.29, 1.82) is 0 Å². The van der Waals surface area contributed by atoms with E-state index in [9.17, 15) is 0 Å². The molecule has 18 heavy (non-hydrogen) atoms. The summed E-state index contributed by atoms with van der Waals surface area (Å²) in [6.45, 7) is 11.3. The van der Waals surface area contributed by atoms with Gasteiger partial charge in [-0.15, -0.1) is 0 Å². The molecule has 1 saturated carbocycles. The standard InChI is InChI=1S/C9H18.C8H16O/c1-8(2)9-6-4-3-5-7-9;1-7(2)8-4-3-5-9-6-8/h8-9H,3-7H2,1-2H3;7-8H,3-6H2,1-2H3/t;8-/m.1/s1. The first-order chi connectivity index (χ1) is 8.61. The summed E-state index contributed by atoms with van der Waals surface area (Å²) in [5.74, 6) is 3.63. The van der Waals surface area contributed by atoms with Gasteiger partial charge < -0.3 is 4.74 Å². The van der Waals surface area contributed by atoms with Crippen LogP contribution in [0.3, 0.4) is 0 Å². The zero-order valence-corrected chi connectivity index (χ0v) is 13.1. The molecule has 0 unspecified atom stereocenters. The van der Waals surface area contributed by atoms with E-state index in [0.717, 1.165) is 36.9 Å². The van der Waals surface area contributed by atoms with E-state index in [1.807, 2.05) is 0 Å².